The molecule has 0 fully saturated rings. The van der Waals surface area contributed by atoms with Crippen molar-refractivity contribution in [3.8, 4) is 0 Å². The lowest BCUT2D eigenvalue weighted by Crippen LogP contribution is -2.19. The van der Waals surface area contributed by atoms with Crippen LogP contribution in [0.5, 0.6) is 0 Å². The third-order valence-corrected chi connectivity index (χ3v) is 1.90. The molecule has 0 radical (unpaired) electrons. The lowest BCUT2D eigenvalue weighted by Gasteiger charge is -2.05. The minimum absolute atomic E-state index is 0.0345. The van der Waals surface area contributed by atoms with Crippen molar-refractivity contribution < 1.29 is 19.2 Å². The highest BCUT2D eigenvalue weighted by atomic mass is 16.6. The molecule has 1 aromatic carbocycles. The molecule has 84 valence electrons. The van der Waals surface area contributed by atoms with E-state index >= 15 is 0 Å². The van der Waals surface area contributed by atoms with E-state index in [1.54, 1.807) is 24.3 Å². The van der Waals surface area contributed by atoms with Gasteiger partial charge in [-0.05, 0) is 0 Å². The van der Waals surface area contributed by atoms with E-state index in [0.717, 1.165) is 0 Å². The predicted octanol–water partition coefficient (Wildman–Crippen LogP) is 1.02. The number of hydrogen-bond acceptors (Lipinski definition) is 5. The minimum Gasteiger partial charge on any atom is -0.464 e. The van der Waals surface area contributed by atoms with E-state index in [1.807, 2.05) is 0 Å². The Bertz CT molecular complexity index is 426. The van der Waals surface area contributed by atoms with Gasteiger partial charge in [-0.3, -0.25) is 4.79 Å². The summed E-state index contributed by atoms with van der Waals surface area (Å²) < 4.78 is 4.55. The number of rotatable bonds is 4. The Hall–Kier alpha value is -2.17. The van der Waals surface area contributed by atoms with Crippen molar-refractivity contribution in [2.45, 2.75) is 0 Å². The molecular weight excluding hydrogens is 210 g/mol. The van der Waals surface area contributed by atoms with Gasteiger partial charge in [0.25, 0.3) is 0 Å². The SMILES string of the molecule is CO/N=C(/C(=O)OC)c1ccccc1C=O. The van der Waals surface area contributed by atoms with Crippen molar-refractivity contribution in [2.75, 3.05) is 14.2 Å². The second kappa shape index (κ2) is 5.65. The zero-order valence-electron chi connectivity index (χ0n) is 8.97. The normalized spacial score (nSPS) is 10.8. The fourth-order valence-electron chi connectivity index (χ4n) is 1.20. The summed E-state index contributed by atoms with van der Waals surface area (Å²) in [6.07, 6.45) is 0.642. The molecule has 0 spiro atoms. The number of hydrogen-bond donors (Lipinski definition) is 0. The number of ether oxygens (including phenoxy) is 1. The summed E-state index contributed by atoms with van der Waals surface area (Å²) in [5.74, 6) is -0.656. The van der Waals surface area contributed by atoms with E-state index in [1.165, 1.54) is 14.2 Å². The Morgan fingerprint density at radius 3 is 2.56 bits per heavy atom. The van der Waals surface area contributed by atoms with Crippen LogP contribution in [-0.2, 0) is 14.4 Å². The smallest absolute Gasteiger partial charge is 0.360 e. The van der Waals surface area contributed by atoms with Crippen LogP contribution in [0, 0.1) is 0 Å². The first-order valence-corrected chi connectivity index (χ1v) is 4.48. The first-order valence-electron chi connectivity index (χ1n) is 4.48. The molecule has 0 saturated heterocycles. The lowest BCUT2D eigenvalue weighted by molar-refractivity contribution is -0.132. The second-order valence-electron chi connectivity index (χ2n) is 2.82. The molecular formula is C11H11NO4. The minimum atomic E-state index is -0.656. The maximum Gasteiger partial charge on any atom is 0.360 e. The number of aldehydes is 1. The topological polar surface area (TPSA) is 65.0 Å². The summed E-state index contributed by atoms with van der Waals surface area (Å²) in [5, 5.41) is 3.56. The Balaban J connectivity index is 3.26. The maximum atomic E-state index is 11.4. The van der Waals surface area contributed by atoms with Gasteiger partial charge >= 0.3 is 5.97 Å². The van der Waals surface area contributed by atoms with E-state index in [0.29, 0.717) is 17.4 Å². The van der Waals surface area contributed by atoms with Gasteiger partial charge < -0.3 is 9.57 Å². The van der Waals surface area contributed by atoms with Gasteiger partial charge in [0.15, 0.2) is 12.0 Å². The van der Waals surface area contributed by atoms with Crippen LogP contribution < -0.4 is 0 Å². The number of esters is 1. The summed E-state index contributed by atoms with van der Waals surface area (Å²) in [5.41, 5.74) is 0.697. The molecule has 0 heterocycles. The first-order chi connectivity index (χ1) is 7.74. The van der Waals surface area contributed by atoms with E-state index in [2.05, 4.69) is 14.7 Å². The first kappa shape index (κ1) is 11.9. The predicted molar refractivity (Wildman–Crippen MR) is 57.4 cm³/mol. The van der Waals surface area contributed by atoms with Crippen LogP contribution in [0.3, 0.4) is 0 Å². The van der Waals surface area contributed by atoms with Crippen molar-refractivity contribution in [3.63, 3.8) is 0 Å². The van der Waals surface area contributed by atoms with Crippen LogP contribution in [0.4, 0.5) is 0 Å². The fourth-order valence-corrected chi connectivity index (χ4v) is 1.20. The molecule has 1 aromatic rings. The third kappa shape index (κ3) is 2.44. The summed E-state index contributed by atoms with van der Waals surface area (Å²) >= 11 is 0. The van der Waals surface area contributed by atoms with Crippen LogP contribution >= 0.6 is 0 Å². The molecule has 16 heavy (non-hydrogen) atoms. The number of carbonyl (C=O) groups excluding carboxylic acids is 2. The average molecular weight is 221 g/mol. The molecule has 0 unspecified atom stereocenters. The zero-order valence-corrected chi connectivity index (χ0v) is 8.97. The van der Waals surface area contributed by atoms with Crippen LogP contribution in [-0.4, -0.2) is 32.2 Å². The van der Waals surface area contributed by atoms with Crippen molar-refractivity contribution in [1.82, 2.24) is 0 Å². The standard InChI is InChI=1S/C11H11NO4/c1-15-11(14)10(12-16-2)9-6-4-3-5-8(9)7-13/h3-7H,1-2H3/b12-10+. The fraction of sp³-hybridized carbons (Fsp3) is 0.182. The number of benzene rings is 1. The van der Waals surface area contributed by atoms with Crippen molar-refractivity contribution >= 4 is 18.0 Å². The van der Waals surface area contributed by atoms with Gasteiger partial charge in [0.05, 0.1) is 7.11 Å². The summed E-state index contributed by atoms with van der Waals surface area (Å²) in [6.45, 7) is 0. The molecule has 5 heteroatoms. The molecule has 1 rings (SSSR count). The van der Waals surface area contributed by atoms with Gasteiger partial charge in [0, 0.05) is 11.1 Å². The number of carbonyl (C=O) groups is 2. The Kier molecular flexibility index (Phi) is 4.20. The quantitative estimate of drug-likeness (QED) is 0.329. The Morgan fingerprint density at radius 1 is 1.31 bits per heavy atom. The molecule has 0 atom stereocenters. The molecule has 0 amide bonds. The maximum absolute atomic E-state index is 11.4. The number of oxime groups is 1. The third-order valence-electron chi connectivity index (χ3n) is 1.90. The second-order valence-corrected chi connectivity index (χ2v) is 2.82. The van der Waals surface area contributed by atoms with Gasteiger partial charge in [-0.1, -0.05) is 29.4 Å². The highest BCUT2D eigenvalue weighted by molar-refractivity contribution is 6.44. The highest BCUT2D eigenvalue weighted by Crippen LogP contribution is 2.09. The van der Waals surface area contributed by atoms with Crippen molar-refractivity contribution in [2.24, 2.45) is 5.16 Å². The average Bonchev–Trinajstić information content (AvgIpc) is 2.35. The molecule has 0 aromatic heterocycles. The number of methoxy groups -OCH3 is 1. The van der Waals surface area contributed by atoms with Gasteiger partial charge in [-0.15, -0.1) is 0 Å². The van der Waals surface area contributed by atoms with Crippen LogP contribution in [0.25, 0.3) is 0 Å². The summed E-state index contributed by atoms with van der Waals surface area (Å²) in [6, 6.07) is 6.56. The van der Waals surface area contributed by atoms with Gasteiger partial charge in [0.2, 0.25) is 0 Å². The molecule has 0 saturated carbocycles. The lowest BCUT2D eigenvalue weighted by atomic mass is 10.0. The molecule has 0 N–H and O–H groups in total. The van der Waals surface area contributed by atoms with Crippen LogP contribution in [0.1, 0.15) is 15.9 Å². The van der Waals surface area contributed by atoms with E-state index < -0.39 is 5.97 Å². The van der Waals surface area contributed by atoms with Crippen molar-refractivity contribution in [1.29, 1.82) is 0 Å². The molecule has 0 aliphatic carbocycles. The Labute approximate surface area is 92.7 Å². The Morgan fingerprint density at radius 2 is 2.00 bits per heavy atom. The van der Waals surface area contributed by atoms with Gasteiger partial charge in [-0.25, -0.2) is 4.79 Å². The van der Waals surface area contributed by atoms with Gasteiger partial charge in [-0.2, -0.15) is 0 Å². The van der Waals surface area contributed by atoms with Gasteiger partial charge in [0.1, 0.15) is 7.11 Å². The van der Waals surface area contributed by atoms with E-state index in [-0.39, 0.29) is 5.71 Å². The zero-order chi connectivity index (χ0) is 12.0. The summed E-state index contributed by atoms with van der Waals surface area (Å²) in [4.78, 5) is 26.8. The molecule has 0 aliphatic heterocycles. The van der Waals surface area contributed by atoms with E-state index in [4.69, 9.17) is 0 Å². The monoisotopic (exact) mass is 221 g/mol. The van der Waals surface area contributed by atoms with Crippen LogP contribution in [0.2, 0.25) is 0 Å². The number of nitrogens with zero attached hydrogens (tertiary/aromatic N) is 1. The molecule has 5 nitrogen and oxygen atoms in total. The van der Waals surface area contributed by atoms with Crippen molar-refractivity contribution in [3.05, 3.63) is 35.4 Å². The highest BCUT2D eigenvalue weighted by Gasteiger charge is 2.18. The van der Waals surface area contributed by atoms with E-state index in [9.17, 15) is 9.59 Å². The molecule has 0 aliphatic rings. The molecule has 0 bridgehead atoms. The van der Waals surface area contributed by atoms with Crippen LogP contribution in [0.15, 0.2) is 29.4 Å². The largest absolute Gasteiger partial charge is 0.464 e. The summed E-state index contributed by atoms with van der Waals surface area (Å²) in [7, 11) is 2.55.